The highest BCUT2D eigenvalue weighted by Crippen LogP contribution is 2.22. The number of hydrogen-bond donors (Lipinski definition) is 0. The normalized spacial score (nSPS) is 23.9. The van der Waals surface area contributed by atoms with Crippen LogP contribution in [0.15, 0.2) is 15.6 Å². The van der Waals surface area contributed by atoms with E-state index in [1.807, 2.05) is 0 Å². The third-order valence-corrected chi connectivity index (χ3v) is 6.68. The molecule has 1 aliphatic heterocycles. The third kappa shape index (κ3) is 1.62. The molecule has 0 aromatic carbocycles. The summed E-state index contributed by atoms with van der Waals surface area (Å²) in [6.45, 7) is 3.59. The Hall–Kier alpha value is 0.0600. The topological polar surface area (TPSA) is 46.5 Å². The lowest BCUT2D eigenvalue weighted by Gasteiger charge is -1.91. The van der Waals surface area contributed by atoms with Crippen LogP contribution < -0.4 is 0 Å². The largest absolute Gasteiger partial charge is 0.251 e. The van der Waals surface area contributed by atoms with Crippen molar-refractivity contribution in [2.75, 3.05) is 0 Å². The first-order valence-corrected chi connectivity index (χ1v) is 6.40. The van der Waals surface area contributed by atoms with Crippen molar-refractivity contribution in [2.24, 2.45) is 4.99 Å². The van der Waals surface area contributed by atoms with Crippen molar-refractivity contribution < 1.29 is 8.42 Å². The molecule has 0 aliphatic carbocycles. The molecule has 0 bridgehead atoms. The van der Waals surface area contributed by atoms with E-state index >= 15 is 0 Å². The standard InChI is InChI=1S/C5H6BrNO2S2/c1-3-4(2)10(11(8)9)5(6)7-3/h1-2H3. The van der Waals surface area contributed by atoms with Gasteiger partial charge < -0.3 is 0 Å². The molecule has 0 saturated carbocycles. The van der Waals surface area contributed by atoms with E-state index in [2.05, 4.69) is 20.9 Å². The van der Waals surface area contributed by atoms with Crippen LogP contribution in [0.2, 0.25) is 0 Å². The lowest BCUT2D eigenvalue weighted by Crippen LogP contribution is -1.95. The molecule has 1 aliphatic rings. The fourth-order valence-electron chi connectivity index (χ4n) is 0.671. The van der Waals surface area contributed by atoms with Gasteiger partial charge in [-0.05, 0) is 29.8 Å². The number of nitrogens with zero attached hydrogens (tertiary/aromatic N) is 1. The van der Waals surface area contributed by atoms with Gasteiger partial charge in [0, 0.05) is 20.1 Å². The highest BCUT2D eigenvalue weighted by Gasteiger charge is 2.17. The second-order valence-electron chi connectivity index (χ2n) is 1.98. The van der Waals surface area contributed by atoms with Crippen molar-refractivity contribution in [3.8, 4) is 0 Å². The van der Waals surface area contributed by atoms with Gasteiger partial charge in [-0.1, -0.05) is 0 Å². The van der Waals surface area contributed by atoms with Gasteiger partial charge in [-0.15, -0.1) is 0 Å². The van der Waals surface area contributed by atoms with Crippen molar-refractivity contribution in [1.29, 1.82) is 0 Å². The summed E-state index contributed by atoms with van der Waals surface area (Å²) in [6.07, 6.45) is 0. The van der Waals surface area contributed by atoms with E-state index in [1.54, 1.807) is 13.8 Å². The Morgan fingerprint density at radius 1 is 1.45 bits per heavy atom. The second-order valence-corrected chi connectivity index (χ2v) is 7.02. The minimum absolute atomic E-state index is 0.515. The van der Waals surface area contributed by atoms with Crippen molar-refractivity contribution in [1.82, 2.24) is 0 Å². The number of hydrogen-bond acceptors (Lipinski definition) is 3. The minimum Gasteiger partial charge on any atom is -0.238 e. The lowest BCUT2D eigenvalue weighted by atomic mass is 10.5. The molecule has 0 aromatic rings. The predicted molar refractivity (Wildman–Crippen MR) is 51.0 cm³/mol. The Morgan fingerprint density at radius 2 is 2.00 bits per heavy atom. The summed E-state index contributed by atoms with van der Waals surface area (Å²) in [6, 6.07) is 0. The number of halogens is 1. The average molecular weight is 256 g/mol. The smallest absolute Gasteiger partial charge is 0.238 e. The van der Waals surface area contributed by atoms with E-state index in [0.717, 1.165) is 10.6 Å². The first-order valence-electron chi connectivity index (χ1n) is 2.79. The minimum atomic E-state index is -2.08. The maximum atomic E-state index is 10.6. The zero-order valence-corrected chi connectivity index (χ0v) is 9.18. The number of aliphatic imine (C=N–C) groups is 1. The third-order valence-electron chi connectivity index (χ3n) is 1.33. The summed E-state index contributed by atoms with van der Waals surface area (Å²) in [5.74, 6) is 0. The van der Waals surface area contributed by atoms with Crippen molar-refractivity contribution >= 4 is 38.6 Å². The summed E-state index contributed by atoms with van der Waals surface area (Å²) >= 11 is 3.11. The summed E-state index contributed by atoms with van der Waals surface area (Å²) in [4.78, 5) is 4.83. The Morgan fingerprint density at radius 3 is 2.18 bits per heavy atom. The molecule has 0 fully saturated rings. The van der Waals surface area contributed by atoms with Gasteiger partial charge in [0.15, 0.2) is 3.95 Å². The monoisotopic (exact) mass is 255 g/mol. The second kappa shape index (κ2) is 3.20. The summed E-state index contributed by atoms with van der Waals surface area (Å²) < 4.78 is 21.8. The molecular weight excluding hydrogens is 250 g/mol. The fourth-order valence-corrected chi connectivity index (χ4v) is 5.16. The van der Waals surface area contributed by atoms with E-state index in [4.69, 9.17) is 0 Å². The van der Waals surface area contributed by atoms with Crippen LogP contribution in [0.1, 0.15) is 13.8 Å². The molecule has 0 radical (unpaired) electrons. The maximum absolute atomic E-state index is 10.6. The van der Waals surface area contributed by atoms with Gasteiger partial charge in [-0.25, -0.2) is 4.99 Å². The molecule has 6 heteroatoms. The van der Waals surface area contributed by atoms with Crippen LogP contribution in [0.4, 0.5) is 0 Å². The van der Waals surface area contributed by atoms with Gasteiger partial charge >= 0.3 is 0 Å². The van der Waals surface area contributed by atoms with Crippen molar-refractivity contribution in [3.05, 3.63) is 10.6 Å². The molecule has 0 aromatic heterocycles. The van der Waals surface area contributed by atoms with Crippen LogP contribution in [0.25, 0.3) is 0 Å². The lowest BCUT2D eigenvalue weighted by molar-refractivity contribution is 0.628. The quantitative estimate of drug-likeness (QED) is 0.658. The van der Waals surface area contributed by atoms with Crippen LogP contribution in [0.5, 0.6) is 0 Å². The Bertz CT molecular complexity index is 383. The Balaban J connectivity index is 3.46. The Kier molecular flexibility index (Phi) is 2.66. The van der Waals surface area contributed by atoms with E-state index in [1.165, 1.54) is 0 Å². The van der Waals surface area contributed by atoms with Gasteiger partial charge in [0.25, 0.3) is 9.26 Å². The van der Waals surface area contributed by atoms with Gasteiger partial charge in [-0.2, -0.15) is 8.42 Å². The zero-order chi connectivity index (χ0) is 8.59. The molecule has 1 unspecified atom stereocenters. The van der Waals surface area contributed by atoms with Crippen molar-refractivity contribution in [2.45, 2.75) is 13.8 Å². The van der Waals surface area contributed by atoms with E-state index in [-0.39, 0.29) is 0 Å². The molecule has 1 atom stereocenters. The van der Waals surface area contributed by atoms with Crippen LogP contribution in [0.3, 0.4) is 0 Å². The van der Waals surface area contributed by atoms with E-state index in [9.17, 15) is 8.42 Å². The first kappa shape index (κ1) is 9.15. The van der Waals surface area contributed by atoms with Gasteiger partial charge in [0.05, 0.1) is 0 Å². The van der Waals surface area contributed by atoms with Crippen LogP contribution in [0, 0.1) is 0 Å². The molecule has 1 heterocycles. The molecule has 0 amide bonds. The Labute approximate surface area is 76.5 Å². The molecular formula is C5H6BrNO2S2. The SMILES string of the molecule is CC1=C(C)S(=S(=O)=O)C(Br)=N1. The number of allylic oxidation sites excluding steroid dienone is 2. The van der Waals surface area contributed by atoms with Crippen LogP contribution in [-0.2, 0) is 18.7 Å². The maximum Gasteiger partial charge on any atom is 0.251 e. The molecule has 3 nitrogen and oxygen atoms in total. The molecule has 11 heavy (non-hydrogen) atoms. The molecule has 0 spiro atoms. The fraction of sp³-hybridized carbons (Fsp3) is 0.400. The highest BCUT2D eigenvalue weighted by molar-refractivity contribution is 9.22. The first-order chi connectivity index (χ1) is 5.04. The molecule has 1 rings (SSSR count). The predicted octanol–water partition coefficient (Wildman–Crippen LogP) is 1.41. The summed E-state index contributed by atoms with van der Waals surface area (Å²) in [5.41, 5.74) is 0.796. The van der Waals surface area contributed by atoms with E-state index in [0.29, 0.717) is 3.95 Å². The van der Waals surface area contributed by atoms with Crippen molar-refractivity contribution in [3.63, 3.8) is 0 Å². The molecule has 0 N–H and O–H groups in total. The highest BCUT2D eigenvalue weighted by atomic mass is 79.9. The number of rotatable bonds is 0. The molecule has 0 saturated heterocycles. The van der Waals surface area contributed by atoms with E-state index < -0.39 is 18.7 Å². The van der Waals surface area contributed by atoms with Gasteiger partial charge in [0.1, 0.15) is 0 Å². The summed E-state index contributed by atoms with van der Waals surface area (Å²) in [5, 5.41) is 0. The van der Waals surface area contributed by atoms with Gasteiger partial charge in [-0.3, -0.25) is 0 Å². The average Bonchev–Trinajstić information content (AvgIpc) is 2.07. The van der Waals surface area contributed by atoms with Gasteiger partial charge in [0.2, 0.25) is 0 Å². The van der Waals surface area contributed by atoms with Crippen LogP contribution in [-0.4, -0.2) is 12.4 Å². The summed E-state index contributed by atoms with van der Waals surface area (Å²) in [7, 11) is -2.92. The van der Waals surface area contributed by atoms with Crippen LogP contribution >= 0.6 is 15.9 Å². The zero-order valence-electron chi connectivity index (χ0n) is 5.96. The molecule has 62 valence electrons.